The molecule has 0 radical (unpaired) electrons. The molecule has 0 aromatic heterocycles. The highest BCUT2D eigenvalue weighted by Crippen LogP contribution is 2.53. The quantitative estimate of drug-likeness (QED) is 0.625. The van der Waals surface area contributed by atoms with E-state index in [2.05, 4.69) is 57.2 Å². The van der Waals surface area contributed by atoms with Crippen molar-refractivity contribution in [3.63, 3.8) is 0 Å². The Morgan fingerprint density at radius 3 is 2.75 bits per heavy atom. The Labute approximate surface area is 121 Å². The molecule has 1 aromatic rings. The number of aliphatic imine (C=N–C) groups is 1. The first-order valence-corrected chi connectivity index (χ1v) is 7.60. The normalized spacial score (nSPS) is 29.6. The summed E-state index contributed by atoms with van der Waals surface area (Å²) in [6.07, 6.45) is 8.23. The lowest BCUT2D eigenvalue weighted by molar-refractivity contribution is 0.301. The van der Waals surface area contributed by atoms with Crippen molar-refractivity contribution in [1.29, 1.82) is 0 Å². The van der Waals surface area contributed by atoms with E-state index in [0.29, 0.717) is 5.41 Å². The van der Waals surface area contributed by atoms with Gasteiger partial charge < -0.3 is 0 Å². The van der Waals surface area contributed by atoms with Crippen LogP contribution in [0, 0.1) is 10.8 Å². The summed E-state index contributed by atoms with van der Waals surface area (Å²) in [6.45, 7) is 7.12. The van der Waals surface area contributed by atoms with Crippen LogP contribution >= 0.6 is 0 Å². The lowest BCUT2D eigenvalue weighted by Gasteiger charge is -2.37. The third kappa shape index (κ3) is 1.52. The number of nitrogens with zero attached hydrogens (tertiary/aromatic N) is 1. The molecule has 1 aromatic carbocycles. The van der Waals surface area contributed by atoms with Crippen LogP contribution in [0.5, 0.6) is 0 Å². The van der Waals surface area contributed by atoms with Crippen molar-refractivity contribution < 1.29 is 0 Å². The number of fused-ring (bicyclic) bond motifs is 4. The summed E-state index contributed by atoms with van der Waals surface area (Å²) in [5.41, 5.74) is 7.28. The molecule has 0 N–H and O–H groups in total. The predicted octanol–water partition coefficient (Wildman–Crippen LogP) is 4.99. The fraction of sp³-hybridized carbons (Fsp3) is 0.421. The van der Waals surface area contributed by atoms with Gasteiger partial charge in [0, 0.05) is 11.3 Å². The molecular formula is C19H21N. The molecule has 1 atom stereocenters. The molecule has 2 aliphatic carbocycles. The summed E-state index contributed by atoms with van der Waals surface area (Å²) in [7, 11) is 0. The van der Waals surface area contributed by atoms with E-state index in [1.165, 1.54) is 35.4 Å². The van der Waals surface area contributed by atoms with Gasteiger partial charge in [-0.05, 0) is 42.7 Å². The summed E-state index contributed by atoms with van der Waals surface area (Å²) >= 11 is 0. The smallest absolute Gasteiger partial charge is 0.0623 e. The first-order valence-electron chi connectivity index (χ1n) is 7.60. The molecule has 1 heteroatoms. The van der Waals surface area contributed by atoms with Gasteiger partial charge in [-0.25, -0.2) is 0 Å². The van der Waals surface area contributed by atoms with Gasteiger partial charge in [0.25, 0.3) is 0 Å². The van der Waals surface area contributed by atoms with Crippen LogP contribution in [0.4, 0.5) is 0 Å². The Balaban J connectivity index is 1.87. The summed E-state index contributed by atoms with van der Waals surface area (Å²) in [5, 5.41) is 0. The second-order valence-corrected chi connectivity index (χ2v) is 7.35. The minimum absolute atomic E-state index is 0.0291. The molecule has 4 rings (SSSR count). The maximum atomic E-state index is 5.06. The zero-order valence-electron chi connectivity index (χ0n) is 12.5. The molecule has 20 heavy (non-hydrogen) atoms. The van der Waals surface area contributed by atoms with Crippen molar-refractivity contribution >= 4 is 11.8 Å². The molecule has 102 valence electrons. The van der Waals surface area contributed by atoms with Crippen molar-refractivity contribution in [1.82, 2.24) is 0 Å². The molecule has 1 aliphatic heterocycles. The minimum Gasteiger partial charge on any atom is -0.256 e. The Kier molecular flexibility index (Phi) is 2.26. The first kappa shape index (κ1) is 12.1. The van der Waals surface area contributed by atoms with E-state index >= 15 is 0 Å². The molecule has 0 amide bonds. The Bertz CT molecular complexity index is 687. The third-order valence-electron chi connectivity index (χ3n) is 5.22. The van der Waals surface area contributed by atoms with Crippen molar-refractivity contribution in [3.05, 3.63) is 52.7 Å². The molecule has 0 saturated heterocycles. The molecule has 0 bridgehead atoms. The number of hydrogen-bond donors (Lipinski definition) is 0. The lowest BCUT2D eigenvalue weighted by Crippen LogP contribution is -2.31. The molecule has 1 nitrogen and oxygen atoms in total. The molecule has 3 aliphatic rings. The van der Waals surface area contributed by atoms with Gasteiger partial charge in [0.15, 0.2) is 0 Å². The van der Waals surface area contributed by atoms with Crippen LogP contribution in [0.3, 0.4) is 0 Å². The average Bonchev–Trinajstić information content (AvgIpc) is 2.71. The van der Waals surface area contributed by atoms with Crippen LogP contribution in [0.1, 0.15) is 51.2 Å². The predicted molar refractivity (Wildman–Crippen MR) is 84.8 cm³/mol. The second kappa shape index (κ2) is 3.72. The Hall–Kier alpha value is -1.63. The number of hydrogen-bond acceptors (Lipinski definition) is 1. The lowest BCUT2D eigenvalue weighted by atomic mass is 9.65. The highest BCUT2D eigenvalue weighted by Gasteiger charge is 2.45. The van der Waals surface area contributed by atoms with E-state index in [0.717, 1.165) is 6.42 Å². The fourth-order valence-electron chi connectivity index (χ4n) is 3.91. The average molecular weight is 263 g/mol. The summed E-state index contributed by atoms with van der Waals surface area (Å²) in [6, 6.07) is 8.65. The van der Waals surface area contributed by atoms with E-state index in [9.17, 15) is 0 Å². The van der Waals surface area contributed by atoms with Gasteiger partial charge >= 0.3 is 0 Å². The molecule has 0 fully saturated rings. The van der Waals surface area contributed by atoms with Gasteiger partial charge in [0.1, 0.15) is 0 Å². The molecule has 0 spiro atoms. The van der Waals surface area contributed by atoms with Gasteiger partial charge in [-0.3, -0.25) is 4.99 Å². The number of allylic oxidation sites excluding steroid dienone is 3. The van der Waals surface area contributed by atoms with E-state index in [4.69, 9.17) is 4.99 Å². The van der Waals surface area contributed by atoms with Crippen molar-refractivity contribution in [2.75, 3.05) is 0 Å². The number of rotatable bonds is 0. The Morgan fingerprint density at radius 1 is 1.10 bits per heavy atom. The summed E-state index contributed by atoms with van der Waals surface area (Å²) in [5.74, 6) is 0. The van der Waals surface area contributed by atoms with Crippen molar-refractivity contribution in [2.24, 2.45) is 15.8 Å². The topological polar surface area (TPSA) is 12.4 Å². The number of benzene rings is 1. The van der Waals surface area contributed by atoms with Gasteiger partial charge in [0.2, 0.25) is 0 Å². The van der Waals surface area contributed by atoms with Gasteiger partial charge in [-0.1, -0.05) is 50.3 Å². The SMILES string of the molecule is CC1(C)CCC2=C(C1)[C@@]1(C)C=Cc3ccccc3C1=N2. The molecule has 0 unspecified atom stereocenters. The third-order valence-corrected chi connectivity index (χ3v) is 5.22. The maximum Gasteiger partial charge on any atom is 0.0623 e. The molecule has 0 saturated carbocycles. The molecular weight excluding hydrogens is 242 g/mol. The van der Waals surface area contributed by atoms with Crippen LogP contribution in [-0.4, -0.2) is 5.71 Å². The van der Waals surface area contributed by atoms with Gasteiger partial charge in [-0.15, -0.1) is 0 Å². The monoisotopic (exact) mass is 263 g/mol. The maximum absolute atomic E-state index is 5.06. The van der Waals surface area contributed by atoms with Crippen LogP contribution in [-0.2, 0) is 0 Å². The fourth-order valence-corrected chi connectivity index (χ4v) is 3.91. The summed E-state index contributed by atoms with van der Waals surface area (Å²) in [4.78, 5) is 5.06. The van der Waals surface area contributed by atoms with Crippen molar-refractivity contribution in [2.45, 2.75) is 40.0 Å². The highest BCUT2D eigenvalue weighted by atomic mass is 14.8. The Morgan fingerprint density at radius 2 is 1.90 bits per heavy atom. The molecule has 1 heterocycles. The van der Waals surface area contributed by atoms with E-state index in [1.54, 1.807) is 5.57 Å². The van der Waals surface area contributed by atoms with E-state index in [-0.39, 0.29) is 5.41 Å². The van der Waals surface area contributed by atoms with E-state index < -0.39 is 0 Å². The van der Waals surface area contributed by atoms with Crippen LogP contribution in [0.15, 0.2) is 46.6 Å². The first-order chi connectivity index (χ1) is 9.50. The van der Waals surface area contributed by atoms with Crippen molar-refractivity contribution in [3.8, 4) is 0 Å². The zero-order chi connectivity index (χ0) is 14.0. The van der Waals surface area contributed by atoms with Crippen LogP contribution in [0.2, 0.25) is 0 Å². The van der Waals surface area contributed by atoms with Gasteiger partial charge in [0.05, 0.1) is 11.1 Å². The largest absolute Gasteiger partial charge is 0.256 e. The van der Waals surface area contributed by atoms with E-state index in [1.807, 2.05) is 0 Å². The van der Waals surface area contributed by atoms with Crippen LogP contribution < -0.4 is 0 Å². The summed E-state index contributed by atoms with van der Waals surface area (Å²) < 4.78 is 0. The van der Waals surface area contributed by atoms with Crippen LogP contribution in [0.25, 0.3) is 6.08 Å². The highest BCUT2D eigenvalue weighted by molar-refractivity contribution is 6.14. The van der Waals surface area contributed by atoms with Gasteiger partial charge in [-0.2, -0.15) is 0 Å². The minimum atomic E-state index is 0.0291. The zero-order valence-corrected chi connectivity index (χ0v) is 12.5. The standard InChI is InChI=1S/C19H21N/c1-18(2)10-9-16-15(12-18)19(3)11-8-13-6-4-5-7-14(13)17(19)20-16/h4-8,11H,9-10,12H2,1-3H3/t19-/m1/s1. The second-order valence-electron chi connectivity index (χ2n) is 7.35.